The van der Waals surface area contributed by atoms with Crippen LogP contribution in [-0.4, -0.2) is 15.8 Å². The van der Waals surface area contributed by atoms with Gasteiger partial charge in [-0.3, -0.25) is 4.79 Å². The third-order valence-corrected chi connectivity index (χ3v) is 5.17. The molecule has 0 aliphatic carbocycles. The molecular weight excluding hydrogens is 326 g/mol. The Bertz CT molecular complexity index is 1100. The standard InChI is InChI=1S/C21H21N3O2/c1-3-5-14-15(12(2)11-25)9-19-20-13(10-24(19)21(14)26)8-16-17(22)6-4-7-18(16)23-20/h4,6-9,11-12H,3,5,10,22H2,1-2H3. The Hall–Kier alpha value is -2.95. The molecule has 0 saturated heterocycles. The average Bonchev–Trinajstić information content (AvgIpc) is 3.00. The van der Waals surface area contributed by atoms with Crippen LogP contribution in [0.3, 0.4) is 0 Å². The van der Waals surface area contributed by atoms with Crippen molar-refractivity contribution >= 4 is 22.9 Å². The number of hydrogen-bond acceptors (Lipinski definition) is 4. The first-order valence-electron chi connectivity index (χ1n) is 8.95. The molecule has 5 heteroatoms. The number of nitrogen functional groups attached to an aromatic ring is 1. The number of pyridine rings is 2. The zero-order chi connectivity index (χ0) is 18.4. The lowest BCUT2D eigenvalue weighted by Gasteiger charge is -2.14. The zero-order valence-corrected chi connectivity index (χ0v) is 15.0. The SMILES string of the molecule is CCCc1c(C(C)C=O)cc2n(c1=O)Cc1cc3c(N)cccc3nc1-2. The quantitative estimate of drug-likeness (QED) is 0.454. The molecule has 132 valence electrons. The van der Waals surface area contributed by atoms with E-state index in [2.05, 4.69) is 0 Å². The van der Waals surface area contributed by atoms with Gasteiger partial charge in [0.25, 0.3) is 5.56 Å². The Balaban J connectivity index is 2.00. The molecule has 1 unspecified atom stereocenters. The van der Waals surface area contributed by atoms with Gasteiger partial charge in [0.2, 0.25) is 0 Å². The molecular formula is C21H21N3O2. The molecule has 3 aromatic rings. The van der Waals surface area contributed by atoms with E-state index in [-0.39, 0.29) is 11.5 Å². The fraction of sp³-hybridized carbons (Fsp3) is 0.286. The number of hydrogen-bond donors (Lipinski definition) is 1. The largest absolute Gasteiger partial charge is 0.398 e. The van der Waals surface area contributed by atoms with Crippen LogP contribution in [0.25, 0.3) is 22.3 Å². The van der Waals surface area contributed by atoms with Gasteiger partial charge in [0.15, 0.2) is 0 Å². The molecule has 0 amide bonds. The maximum absolute atomic E-state index is 13.1. The second-order valence-corrected chi connectivity index (χ2v) is 6.94. The molecule has 5 nitrogen and oxygen atoms in total. The minimum Gasteiger partial charge on any atom is -0.398 e. The molecule has 1 aliphatic heterocycles. The normalized spacial score (nSPS) is 13.5. The van der Waals surface area contributed by atoms with Crippen molar-refractivity contribution in [1.82, 2.24) is 9.55 Å². The van der Waals surface area contributed by atoms with E-state index in [1.165, 1.54) is 0 Å². The molecule has 26 heavy (non-hydrogen) atoms. The maximum atomic E-state index is 13.1. The minimum absolute atomic E-state index is 0.0110. The molecule has 1 aliphatic rings. The summed E-state index contributed by atoms with van der Waals surface area (Å²) in [6, 6.07) is 9.66. The minimum atomic E-state index is -0.310. The summed E-state index contributed by atoms with van der Waals surface area (Å²) in [5.41, 5.74) is 11.7. The van der Waals surface area contributed by atoms with Crippen molar-refractivity contribution < 1.29 is 4.79 Å². The Morgan fingerprint density at radius 3 is 2.88 bits per heavy atom. The molecule has 1 atom stereocenters. The van der Waals surface area contributed by atoms with Crippen LogP contribution in [0.2, 0.25) is 0 Å². The van der Waals surface area contributed by atoms with Gasteiger partial charge >= 0.3 is 0 Å². The van der Waals surface area contributed by atoms with Crippen LogP contribution in [0.4, 0.5) is 5.69 Å². The lowest BCUT2D eigenvalue weighted by atomic mass is 9.94. The third-order valence-electron chi connectivity index (χ3n) is 5.17. The highest BCUT2D eigenvalue weighted by molar-refractivity contribution is 5.93. The van der Waals surface area contributed by atoms with Crippen LogP contribution in [0.15, 0.2) is 35.1 Å². The molecule has 0 bridgehead atoms. The van der Waals surface area contributed by atoms with E-state index in [0.29, 0.717) is 18.7 Å². The molecule has 3 heterocycles. The highest BCUT2D eigenvalue weighted by atomic mass is 16.1. The lowest BCUT2D eigenvalue weighted by Crippen LogP contribution is -2.25. The van der Waals surface area contributed by atoms with Gasteiger partial charge in [-0.15, -0.1) is 0 Å². The van der Waals surface area contributed by atoms with Crippen LogP contribution in [-0.2, 0) is 17.8 Å². The van der Waals surface area contributed by atoms with Gasteiger partial charge in [0.05, 0.1) is 23.4 Å². The summed E-state index contributed by atoms with van der Waals surface area (Å²) in [5.74, 6) is -0.310. The number of rotatable bonds is 4. The lowest BCUT2D eigenvalue weighted by molar-refractivity contribution is -0.108. The second kappa shape index (κ2) is 6.09. The fourth-order valence-electron chi connectivity index (χ4n) is 3.81. The van der Waals surface area contributed by atoms with E-state index < -0.39 is 0 Å². The van der Waals surface area contributed by atoms with E-state index in [9.17, 15) is 9.59 Å². The van der Waals surface area contributed by atoms with Crippen LogP contribution in [0.5, 0.6) is 0 Å². The Morgan fingerprint density at radius 1 is 1.35 bits per heavy atom. The van der Waals surface area contributed by atoms with Crippen molar-refractivity contribution in [2.24, 2.45) is 0 Å². The summed E-state index contributed by atoms with van der Waals surface area (Å²) in [4.78, 5) is 29.3. The van der Waals surface area contributed by atoms with Gasteiger partial charge in [-0.1, -0.05) is 26.3 Å². The smallest absolute Gasteiger partial charge is 0.254 e. The monoisotopic (exact) mass is 347 g/mol. The second-order valence-electron chi connectivity index (χ2n) is 6.94. The molecule has 0 spiro atoms. The van der Waals surface area contributed by atoms with E-state index in [4.69, 9.17) is 10.7 Å². The summed E-state index contributed by atoms with van der Waals surface area (Å²) >= 11 is 0. The molecule has 0 saturated carbocycles. The van der Waals surface area contributed by atoms with Crippen LogP contribution < -0.4 is 11.3 Å². The molecule has 2 aromatic heterocycles. The first-order chi connectivity index (χ1) is 12.5. The number of anilines is 1. The van der Waals surface area contributed by atoms with E-state index >= 15 is 0 Å². The van der Waals surface area contributed by atoms with Gasteiger partial charge in [-0.05, 0) is 36.2 Å². The predicted octanol–water partition coefficient (Wildman–Crippen LogP) is 3.26. The number of aldehydes is 1. The molecule has 0 radical (unpaired) electrons. The van der Waals surface area contributed by atoms with Gasteiger partial charge in [-0.25, -0.2) is 4.98 Å². The number of nitrogens with zero attached hydrogens (tertiary/aromatic N) is 2. The number of aromatic nitrogens is 2. The van der Waals surface area contributed by atoms with Crippen molar-refractivity contribution in [3.05, 3.63) is 57.4 Å². The summed E-state index contributed by atoms with van der Waals surface area (Å²) in [5, 5.41) is 0.905. The van der Waals surface area contributed by atoms with Gasteiger partial charge in [0.1, 0.15) is 6.29 Å². The number of carbonyl (C=O) groups is 1. The molecule has 0 fully saturated rings. The molecule has 1 aromatic carbocycles. The zero-order valence-electron chi connectivity index (χ0n) is 15.0. The van der Waals surface area contributed by atoms with Crippen molar-refractivity contribution in [3.8, 4) is 11.4 Å². The molecule has 2 N–H and O–H groups in total. The van der Waals surface area contributed by atoms with E-state index in [1.807, 2.05) is 44.2 Å². The Morgan fingerprint density at radius 2 is 2.15 bits per heavy atom. The Labute approximate surface area is 151 Å². The van der Waals surface area contributed by atoms with Crippen molar-refractivity contribution in [3.63, 3.8) is 0 Å². The fourth-order valence-corrected chi connectivity index (χ4v) is 3.81. The number of nitrogens with two attached hydrogens (primary N) is 1. The van der Waals surface area contributed by atoms with Crippen LogP contribution >= 0.6 is 0 Å². The maximum Gasteiger partial charge on any atom is 0.254 e. The highest BCUT2D eigenvalue weighted by Gasteiger charge is 2.26. The average molecular weight is 347 g/mol. The highest BCUT2D eigenvalue weighted by Crippen LogP contribution is 2.35. The first-order valence-corrected chi connectivity index (χ1v) is 8.95. The summed E-state index contributed by atoms with van der Waals surface area (Å²) in [7, 11) is 0. The van der Waals surface area contributed by atoms with Gasteiger partial charge in [-0.2, -0.15) is 0 Å². The predicted molar refractivity (Wildman–Crippen MR) is 103 cm³/mol. The Kier molecular flexibility index (Phi) is 3.87. The van der Waals surface area contributed by atoms with E-state index in [0.717, 1.165) is 51.7 Å². The van der Waals surface area contributed by atoms with Gasteiger partial charge in [0, 0.05) is 28.1 Å². The number of carbonyl (C=O) groups excluding carboxylic acids is 1. The van der Waals surface area contributed by atoms with Gasteiger partial charge < -0.3 is 15.1 Å². The van der Waals surface area contributed by atoms with Crippen LogP contribution in [0, 0.1) is 0 Å². The number of fused-ring (bicyclic) bond motifs is 4. The van der Waals surface area contributed by atoms with Crippen molar-refractivity contribution in [1.29, 1.82) is 0 Å². The van der Waals surface area contributed by atoms with Crippen LogP contribution in [0.1, 0.15) is 42.9 Å². The molecule has 4 rings (SSSR count). The third kappa shape index (κ3) is 2.35. The number of benzene rings is 1. The van der Waals surface area contributed by atoms with Crippen molar-refractivity contribution in [2.45, 2.75) is 39.2 Å². The topological polar surface area (TPSA) is 78.0 Å². The first kappa shape index (κ1) is 16.5. The summed E-state index contributed by atoms with van der Waals surface area (Å²) < 4.78 is 1.78. The van der Waals surface area contributed by atoms with Crippen molar-refractivity contribution in [2.75, 3.05) is 5.73 Å². The summed E-state index contributed by atoms with van der Waals surface area (Å²) in [6.45, 7) is 4.37. The van der Waals surface area contributed by atoms with E-state index in [1.54, 1.807) is 4.57 Å². The summed E-state index contributed by atoms with van der Waals surface area (Å²) in [6.07, 6.45) is 2.43.